The van der Waals surface area contributed by atoms with Crippen LogP contribution < -0.4 is 0 Å². The van der Waals surface area contributed by atoms with E-state index >= 15 is 0 Å². The van der Waals surface area contributed by atoms with Crippen LogP contribution in [0.25, 0.3) is 0 Å². The number of carbonyl (C=O) groups is 1. The molecule has 1 aliphatic carbocycles. The van der Waals surface area contributed by atoms with Crippen LogP contribution in [0.3, 0.4) is 0 Å². The molecule has 15 heteroatoms. The van der Waals surface area contributed by atoms with E-state index in [4.69, 9.17) is 4.79 Å². The molecule has 0 atom stereocenters. The smallest absolute Gasteiger partial charge is 0.219 e. The lowest BCUT2D eigenvalue weighted by atomic mass is 9.80. The second-order valence-electron chi connectivity index (χ2n) is 3.67. The third kappa shape index (κ3) is 2.11. The highest BCUT2D eigenvalue weighted by Gasteiger charge is 3.02. The van der Waals surface area contributed by atoms with Gasteiger partial charge >= 0.3 is 41.8 Å². The highest BCUT2D eigenvalue weighted by molar-refractivity contribution is 5.55. The second kappa shape index (κ2) is 4.84. The van der Waals surface area contributed by atoms with E-state index in [1.807, 2.05) is 0 Å². The molecule has 0 amide bonds. The number of rotatable bonds is 0. The minimum Gasteiger partial charge on any atom is -0.219 e. The first-order chi connectivity index (χ1) is 9.23. The molecule has 1 rings (SSSR count). The Kier molecular flexibility index (Phi) is 4.55. The summed E-state index contributed by atoms with van der Waals surface area (Å²) in [5, 5.41) is 0. The Morgan fingerprint density at radius 1 is 0.409 bits per heavy atom. The van der Waals surface area contributed by atoms with Crippen molar-refractivity contribution in [1.82, 2.24) is 0 Å². The second-order valence-corrected chi connectivity index (χ2v) is 3.67. The fourth-order valence-electron chi connectivity index (χ4n) is 1.18. The molecule has 0 aliphatic heterocycles. The van der Waals surface area contributed by atoms with E-state index in [0.29, 0.717) is 0 Å². The van der Waals surface area contributed by atoms with E-state index < -0.39 is 41.8 Å². The third-order valence-electron chi connectivity index (χ3n) is 2.37. The Balaban J connectivity index is 0.000000980. The van der Waals surface area contributed by atoms with Gasteiger partial charge in [0.05, 0.1) is 0 Å². The molecule has 0 spiro atoms. The van der Waals surface area contributed by atoms with Crippen molar-refractivity contribution >= 4 is 6.29 Å². The highest BCUT2D eigenvalue weighted by Crippen LogP contribution is 2.69. The van der Waals surface area contributed by atoms with Crippen LogP contribution in [0.4, 0.5) is 66.3 Å². The summed E-state index contributed by atoms with van der Waals surface area (Å²) < 4.78 is 167. The van der Waals surface area contributed by atoms with Crippen molar-refractivity contribution in [3.8, 4) is 0 Å². The van der Waals surface area contributed by atoms with Crippen LogP contribution in [-0.2, 0) is 0 Å². The normalized spacial score (nSPS) is 29.0. The van der Waals surface area contributed by atoms with Crippen molar-refractivity contribution in [2.45, 2.75) is 35.5 Å². The van der Waals surface area contributed by atoms with Gasteiger partial charge in [-0.05, 0) is 0 Å². The van der Waals surface area contributed by atoms with E-state index in [2.05, 4.69) is 0 Å². The Morgan fingerprint density at radius 2 is 0.455 bits per heavy atom. The van der Waals surface area contributed by atoms with Crippen LogP contribution in [0.5, 0.6) is 0 Å². The van der Waals surface area contributed by atoms with Crippen molar-refractivity contribution in [1.29, 1.82) is 0 Å². The number of carbonyl (C=O) groups excluding carboxylic acids is 1. The van der Waals surface area contributed by atoms with Gasteiger partial charge in [0, 0.05) is 0 Å². The zero-order chi connectivity index (χ0) is 18.6. The van der Waals surface area contributed by atoms with E-state index in [-0.39, 0.29) is 0 Å². The van der Waals surface area contributed by atoms with Crippen LogP contribution in [0.15, 0.2) is 0 Å². The maximum atomic E-state index is 12.3. The molecule has 0 aromatic heterocycles. The van der Waals surface area contributed by atoms with Crippen molar-refractivity contribution < 1.29 is 66.3 Å². The lowest BCUT2D eigenvalue weighted by Gasteiger charge is -2.49. The molecule has 0 N–H and O–H groups in total. The molecule has 0 unspecified atom stereocenters. The minimum atomic E-state index is -7.35. The van der Waals surface area contributed by atoms with E-state index in [9.17, 15) is 61.5 Å². The largest absolute Gasteiger partial charge is 0.483 e. The first-order valence-electron chi connectivity index (χ1n) is 4.35. The van der Waals surface area contributed by atoms with Gasteiger partial charge < -0.3 is 0 Å². The van der Waals surface area contributed by atoms with E-state index in [1.54, 1.807) is 0 Å². The molecule has 0 heterocycles. The van der Waals surface area contributed by atoms with Gasteiger partial charge in [-0.25, -0.2) is 4.79 Å². The van der Waals surface area contributed by atoms with Crippen LogP contribution in [0, 0.1) is 0 Å². The fraction of sp³-hybridized carbons (Fsp3) is 0.857. The summed E-state index contributed by atoms with van der Waals surface area (Å²) in [6, 6.07) is 0. The van der Waals surface area contributed by atoms with Gasteiger partial charge in [-0.15, -0.1) is 8.78 Å². The summed E-state index contributed by atoms with van der Waals surface area (Å²) >= 11 is 0. The molecule has 0 saturated heterocycles. The van der Waals surface area contributed by atoms with Crippen molar-refractivity contribution in [2.24, 2.45) is 0 Å². The summed E-state index contributed by atoms with van der Waals surface area (Å²) in [5.74, 6) is -44.1. The van der Waals surface area contributed by atoms with Gasteiger partial charge in [0.2, 0.25) is 0 Å². The lowest BCUT2D eigenvalue weighted by Crippen LogP contribution is -2.82. The zero-order valence-corrected chi connectivity index (χ0v) is 9.20. The van der Waals surface area contributed by atoms with E-state index in [1.165, 1.54) is 0 Å². The monoisotopic (exact) mass is 366 g/mol. The van der Waals surface area contributed by atoms with Crippen LogP contribution >= 0.6 is 0 Å². The maximum Gasteiger partial charge on any atom is 0.483 e. The summed E-state index contributed by atoms with van der Waals surface area (Å²) in [4.78, 5) is 8.11. The average molecular weight is 366 g/mol. The van der Waals surface area contributed by atoms with Crippen molar-refractivity contribution in [3.05, 3.63) is 0 Å². The molecular weight excluding hydrogens is 366 g/mol. The van der Waals surface area contributed by atoms with Gasteiger partial charge in [0.1, 0.15) is 0 Å². The van der Waals surface area contributed by atoms with Crippen molar-refractivity contribution in [3.63, 3.8) is 0 Å². The summed E-state index contributed by atoms with van der Waals surface area (Å²) in [5.41, 5.74) is 0. The fourth-order valence-corrected chi connectivity index (χ4v) is 1.18. The maximum absolute atomic E-state index is 12.3. The summed E-state index contributed by atoms with van der Waals surface area (Å²) in [6.45, 7) is 0. The van der Waals surface area contributed by atoms with E-state index in [0.717, 1.165) is 0 Å². The molecule has 0 aromatic rings. The topological polar surface area (TPSA) is 17.1 Å². The quantitative estimate of drug-likeness (QED) is 0.442. The molecule has 1 nitrogen and oxygen atoms in total. The first-order valence-corrected chi connectivity index (χ1v) is 4.35. The SMILES string of the molecule is FC1(F)C(F)(F)C(F)(F)C(F)(F)C(F)(F)C1(F)F.O=C(F)F. The Morgan fingerprint density at radius 3 is 0.500 bits per heavy atom. The predicted octanol–water partition coefficient (Wildman–Crippen LogP) is 4.86. The predicted molar refractivity (Wildman–Crippen MR) is 37.3 cm³/mol. The molecule has 1 fully saturated rings. The highest BCUT2D eigenvalue weighted by atomic mass is 19.4. The van der Waals surface area contributed by atoms with Crippen molar-refractivity contribution in [2.75, 3.05) is 0 Å². The Labute approximate surface area is 109 Å². The van der Waals surface area contributed by atoms with Gasteiger partial charge in [0.15, 0.2) is 0 Å². The average Bonchev–Trinajstić information content (AvgIpc) is 2.25. The lowest BCUT2D eigenvalue weighted by molar-refractivity contribution is -0.506. The Hall–Kier alpha value is -1.31. The standard InChI is InChI=1S/C6F12.CF2O/c7-1(8)2(9,10)4(13,14)6(17,18)5(15,16)3(1,11)12;2-1(3)4. The number of hydrogen-bond acceptors (Lipinski definition) is 1. The van der Waals surface area contributed by atoms with Gasteiger partial charge in [0.25, 0.3) is 0 Å². The van der Waals surface area contributed by atoms with Crippen LogP contribution in [0.2, 0.25) is 0 Å². The van der Waals surface area contributed by atoms with Gasteiger partial charge in [-0.2, -0.15) is 52.7 Å². The molecule has 1 saturated carbocycles. The molecule has 0 bridgehead atoms. The molecule has 1 aliphatic rings. The zero-order valence-electron chi connectivity index (χ0n) is 9.20. The minimum absolute atomic E-state index is 2.83. The molecular formula is C7F14O. The van der Waals surface area contributed by atoms with Crippen LogP contribution in [0.1, 0.15) is 0 Å². The van der Waals surface area contributed by atoms with Crippen LogP contribution in [-0.4, -0.2) is 41.8 Å². The summed E-state index contributed by atoms with van der Waals surface area (Å²) in [7, 11) is 0. The number of alkyl halides is 12. The molecule has 132 valence electrons. The molecule has 22 heavy (non-hydrogen) atoms. The van der Waals surface area contributed by atoms with Gasteiger partial charge in [-0.3, -0.25) is 0 Å². The number of halogens is 14. The molecule has 0 radical (unpaired) electrons. The third-order valence-corrected chi connectivity index (χ3v) is 2.37. The molecule has 0 aromatic carbocycles. The first kappa shape index (κ1) is 20.7. The number of hydrogen-bond donors (Lipinski definition) is 0. The van der Waals surface area contributed by atoms with Gasteiger partial charge in [-0.1, -0.05) is 0 Å². The summed E-state index contributed by atoms with van der Waals surface area (Å²) in [6.07, 6.45) is -2.83. The Bertz CT molecular complexity index is 329.